The molecule has 0 saturated heterocycles. The number of hydrogen-bond acceptors (Lipinski definition) is 3. The number of nitrogens with one attached hydrogen (secondary N) is 2. The van der Waals surface area contributed by atoms with Gasteiger partial charge in [0.2, 0.25) is 0 Å². The lowest BCUT2D eigenvalue weighted by Gasteiger charge is -2.13. The maximum absolute atomic E-state index is 5.73. The van der Waals surface area contributed by atoms with Crippen LogP contribution in [0, 0.1) is 6.92 Å². The van der Waals surface area contributed by atoms with Crippen LogP contribution in [0.25, 0.3) is 0 Å². The SMILES string of the molecule is CN=C(NCc1cccc(OC(C)C)c1)NCc1sccc1C.I. The molecule has 0 bridgehead atoms. The second-order valence-electron chi connectivity index (χ2n) is 5.62. The highest BCUT2D eigenvalue weighted by Crippen LogP contribution is 2.15. The summed E-state index contributed by atoms with van der Waals surface area (Å²) in [5, 5.41) is 8.80. The molecule has 132 valence electrons. The van der Waals surface area contributed by atoms with Gasteiger partial charge in [0.15, 0.2) is 5.96 Å². The van der Waals surface area contributed by atoms with E-state index in [-0.39, 0.29) is 30.1 Å². The number of ether oxygens (including phenoxy) is 1. The molecule has 1 aromatic carbocycles. The molecule has 0 radical (unpaired) electrons. The Balaban J connectivity index is 0.00000288. The number of guanidine groups is 1. The largest absolute Gasteiger partial charge is 0.491 e. The van der Waals surface area contributed by atoms with Gasteiger partial charge in [-0.3, -0.25) is 4.99 Å². The van der Waals surface area contributed by atoms with E-state index in [9.17, 15) is 0 Å². The van der Waals surface area contributed by atoms with E-state index in [1.807, 2.05) is 26.0 Å². The van der Waals surface area contributed by atoms with Crippen LogP contribution in [0.2, 0.25) is 0 Å². The van der Waals surface area contributed by atoms with Crippen molar-refractivity contribution in [2.75, 3.05) is 7.05 Å². The Morgan fingerprint density at radius 3 is 2.58 bits per heavy atom. The van der Waals surface area contributed by atoms with Gasteiger partial charge in [-0.25, -0.2) is 0 Å². The normalized spacial score (nSPS) is 11.1. The summed E-state index contributed by atoms with van der Waals surface area (Å²) < 4.78 is 5.73. The van der Waals surface area contributed by atoms with Crippen molar-refractivity contribution >= 4 is 41.3 Å². The van der Waals surface area contributed by atoms with Crippen molar-refractivity contribution in [3.05, 3.63) is 51.7 Å². The van der Waals surface area contributed by atoms with Crippen molar-refractivity contribution in [1.82, 2.24) is 10.6 Å². The second-order valence-corrected chi connectivity index (χ2v) is 6.62. The summed E-state index contributed by atoms with van der Waals surface area (Å²) in [6.07, 6.45) is 0.182. The zero-order valence-electron chi connectivity index (χ0n) is 14.6. The molecule has 2 rings (SSSR count). The number of aryl methyl sites for hydroxylation is 1. The van der Waals surface area contributed by atoms with Crippen molar-refractivity contribution in [2.24, 2.45) is 4.99 Å². The molecule has 0 amide bonds. The highest BCUT2D eigenvalue weighted by Gasteiger charge is 2.03. The van der Waals surface area contributed by atoms with Gasteiger partial charge in [-0.05, 0) is 55.5 Å². The minimum absolute atomic E-state index is 0. The lowest BCUT2D eigenvalue weighted by Crippen LogP contribution is -2.36. The molecule has 4 nitrogen and oxygen atoms in total. The lowest BCUT2D eigenvalue weighted by molar-refractivity contribution is 0.242. The Labute approximate surface area is 165 Å². The molecule has 6 heteroatoms. The molecule has 0 atom stereocenters. The Morgan fingerprint density at radius 2 is 1.96 bits per heavy atom. The Morgan fingerprint density at radius 1 is 1.21 bits per heavy atom. The van der Waals surface area contributed by atoms with E-state index in [1.165, 1.54) is 16.0 Å². The van der Waals surface area contributed by atoms with Gasteiger partial charge < -0.3 is 15.4 Å². The van der Waals surface area contributed by atoms with E-state index in [4.69, 9.17) is 4.74 Å². The van der Waals surface area contributed by atoms with E-state index in [0.29, 0.717) is 6.54 Å². The first kappa shape index (κ1) is 20.8. The van der Waals surface area contributed by atoms with Crippen molar-refractivity contribution in [1.29, 1.82) is 0 Å². The first-order valence-corrected chi connectivity index (χ1v) is 8.69. The molecule has 0 spiro atoms. The lowest BCUT2D eigenvalue weighted by atomic mass is 10.2. The third-order valence-corrected chi connectivity index (χ3v) is 4.36. The Kier molecular flexibility index (Phi) is 9.13. The number of rotatable bonds is 6. The summed E-state index contributed by atoms with van der Waals surface area (Å²) in [6.45, 7) is 7.69. The molecule has 0 aliphatic heterocycles. The van der Waals surface area contributed by atoms with Crippen LogP contribution >= 0.6 is 35.3 Å². The van der Waals surface area contributed by atoms with E-state index in [0.717, 1.165) is 18.3 Å². The zero-order chi connectivity index (χ0) is 16.7. The first-order valence-electron chi connectivity index (χ1n) is 7.81. The first-order chi connectivity index (χ1) is 11.1. The van der Waals surface area contributed by atoms with Gasteiger partial charge in [0.05, 0.1) is 12.6 Å². The number of halogens is 1. The molecule has 0 fully saturated rings. The van der Waals surface area contributed by atoms with Gasteiger partial charge in [-0.15, -0.1) is 35.3 Å². The summed E-state index contributed by atoms with van der Waals surface area (Å²) >= 11 is 1.76. The summed E-state index contributed by atoms with van der Waals surface area (Å²) in [6, 6.07) is 10.3. The predicted octanol–water partition coefficient (Wildman–Crippen LogP) is 4.33. The van der Waals surface area contributed by atoms with Crippen molar-refractivity contribution in [3.63, 3.8) is 0 Å². The zero-order valence-corrected chi connectivity index (χ0v) is 17.8. The van der Waals surface area contributed by atoms with Gasteiger partial charge in [0, 0.05) is 18.5 Å². The molecule has 0 saturated carbocycles. The van der Waals surface area contributed by atoms with Crippen LogP contribution in [0.4, 0.5) is 0 Å². The third-order valence-electron chi connectivity index (χ3n) is 3.34. The Bertz CT molecular complexity index is 655. The minimum atomic E-state index is 0. The average molecular weight is 459 g/mol. The van der Waals surface area contributed by atoms with Gasteiger partial charge >= 0.3 is 0 Å². The molecule has 0 aliphatic rings. The van der Waals surface area contributed by atoms with Gasteiger partial charge in [0.1, 0.15) is 5.75 Å². The van der Waals surface area contributed by atoms with Crippen LogP contribution in [0.15, 0.2) is 40.7 Å². The highest BCUT2D eigenvalue weighted by molar-refractivity contribution is 14.0. The van der Waals surface area contributed by atoms with E-state index in [2.05, 4.69) is 46.1 Å². The molecule has 2 N–H and O–H groups in total. The molecule has 1 heterocycles. The summed E-state index contributed by atoms with van der Waals surface area (Å²) in [7, 11) is 1.79. The van der Waals surface area contributed by atoms with Crippen molar-refractivity contribution < 1.29 is 4.74 Å². The standard InChI is InChI=1S/C18H25N3OS.HI/c1-13(2)22-16-7-5-6-15(10-16)11-20-18(19-4)21-12-17-14(3)8-9-23-17;/h5-10,13H,11-12H2,1-4H3,(H2,19,20,21);1H. The maximum atomic E-state index is 5.73. The van der Waals surface area contributed by atoms with E-state index in [1.54, 1.807) is 18.4 Å². The van der Waals surface area contributed by atoms with Crippen LogP contribution in [0.1, 0.15) is 29.9 Å². The maximum Gasteiger partial charge on any atom is 0.191 e. The predicted molar refractivity (Wildman–Crippen MR) is 114 cm³/mol. The molecule has 1 aromatic heterocycles. The van der Waals surface area contributed by atoms with Crippen LogP contribution < -0.4 is 15.4 Å². The average Bonchev–Trinajstić information content (AvgIpc) is 2.92. The smallest absolute Gasteiger partial charge is 0.191 e. The van der Waals surface area contributed by atoms with Crippen LogP contribution in [0.3, 0.4) is 0 Å². The molecule has 2 aromatic rings. The fourth-order valence-electron chi connectivity index (χ4n) is 2.16. The summed E-state index contributed by atoms with van der Waals surface area (Å²) in [5.74, 6) is 1.70. The fraction of sp³-hybridized carbons (Fsp3) is 0.389. The van der Waals surface area contributed by atoms with Crippen molar-refractivity contribution in [3.8, 4) is 5.75 Å². The van der Waals surface area contributed by atoms with E-state index < -0.39 is 0 Å². The van der Waals surface area contributed by atoms with E-state index >= 15 is 0 Å². The molecule has 0 unspecified atom stereocenters. The third kappa shape index (κ3) is 6.68. The topological polar surface area (TPSA) is 45.7 Å². The van der Waals surface area contributed by atoms with Crippen LogP contribution in [0.5, 0.6) is 5.75 Å². The quantitative estimate of drug-likeness (QED) is 0.384. The van der Waals surface area contributed by atoms with Crippen molar-refractivity contribution in [2.45, 2.75) is 40.0 Å². The van der Waals surface area contributed by atoms with Gasteiger partial charge in [-0.2, -0.15) is 0 Å². The Hall–Kier alpha value is -1.28. The molecule has 24 heavy (non-hydrogen) atoms. The number of thiophene rings is 1. The minimum Gasteiger partial charge on any atom is -0.491 e. The second kappa shape index (κ2) is 10.6. The van der Waals surface area contributed by atoms with Gasteiger partial charge in [0.25, 0.3) is 0 Å². The molecular formula is C18H26IN3OS. The fourth-order valence-corrected chi connectivity index (χ4v) is 3.00. The molecule has 0 aliphatic carbocycles. The summed E-state index contributed by atoms with van der Waals surface area (Å²) in [5.41, 5.74) is 2.48. The number of nitrogens with zero attached hydrogens (tertiary/aromatic N) is 1. The number of hydrogen-bond donors (Lipinski definition) is 2. The monoisotopic (exact) mass is 459 g/mol. The molecular weight excluding hydrogens is 433 g/mol. The number of benzene rings is 1. The highest BCUT2D eigenvalue weighted by atomic mass is 127. The summed E-state index contributed by atoms with van der Waals surface area (Å²) in [4.78, 5) is 5.60. The van der Waals surface area contributed by atoms with Crippen LogP contribution in [-0.2, 0) is 13.1 Å². The van der Waals surface area contributed by atoms with Crippen LogP contribution in [-0.4, -0.2) is 19.1 Å². The number of aliphatic imine (C=N–C) groups is 1. The van der Waals surface area contributed by atoms with Gasteiger partial charge in [-0.1, -0.05) is 12.1 Å².